The van der Waals surface area contributed by atoms with Crippen LogP contribution in [-0.2, 0) is 6.42 Å². The predicted octanol–water partition coefficient (Wildman–Crippen LogP) is 7.34. The molecule has 180 valence electrons. The zero-order valence-corrected chi connectivity index (χ0v) is 21.3. The number of rotatable bonds is 6. The summed E-state index contributed by atoms with van der Waals surface area (Å²) in [6, 6.07) is 26.0. The van der Waals surface area contributed by atoms with E-state index in [0.717, 1.165) is 56.0 Å². The molecule has 0 saturated heterocycles. The van der Waals surface area contributed by atoms with Crippen molar-refractivity contribution in [2.24, 2.45) is 0 Å². The maximum atomic E-state index is 13.4. The third-order valence-corrected chi connectivity index (χ3v) is 7.40. The molecule has 5 aromatic rings. The molecule has 5 nitrogen and oxygen atoms in total. The molecule has 0 bridgehead atoms. The first-order valence-corrected chi connectivity index (χ1v) is 12.6. The number of thiophene rings is 1. The Balaban J connectivity index is 1.66. The number of hydrogen-bond donors (Lipinski definition) is 2. The van der Waals surface area contributed by atoms with Crippen LogP contribution < -0.4 is 15.8 Å². The Bertz CT molecular complexity index is 1550. The highest BCUT2D eigenvalue weighted by atomic mass is 32.1. The molecular weight excluding hydrogens is 466 g/mol. The fourth-order valence-corrected chi connectivity index (χ4v) is 5.30. The number of nitrogens with two attached hydrogens (primary N) is 1. The Hall–Kier alpha value is -4.16. The number of amides is 1. The van der Waals surface area contributed by atoms with Crippen molar-refractivity contribution in [3.8, 4) is 28.1 Å². The molecule has 2 heterocycles. The Morgan fingerprint density at radius 3 is 2.39 bits per heavy atom. The van der Waals surface area contributed by atoms with Crippen molar-refractivity contribution in [2.75, 3.05) is 18.2 Å². The van der Waals surface area contributed by atoms with E-state index in [2.05, 4.69) is 43.4 Å². The van der Waals surface area contributed by atoms with E-state index in [1.54, 1.807) is 7.11 Å². The number of aryl methyl sites for hydroxylation is 2. The highest BCUT2D eigenvalue weighted by molar-refractivity contribution is 7.21. The number of nitrogens with zero attached hydrogens (tertiary/aromatic N) is 1. The molecule has 1 amide bonds. The van der Waals surface area contributed by atoms with E-state index in [9.17, 15) is 4.79 Å². The van der Waals surface area contributed by atoms with E-state index in [0.29, 0.717) is 10.6 Å². The first kappa shape index (κ1) is 23.6. The molecule has 0 spiro atoms. The molecule has 0 radical (unpaired) electrons. The van der Waals surface area contributed by atoms with Crippen molar-refractivity contribution < 1.29 is 9.53 Å². The lowest BCUT2D eigenvalue weighted by atomic mass is 9.99. The van der Waals surface area contributed by atoms with Crippen LogP contribution in [0.5, 0.6) is 5.75 Å². The van der Waals surface area contributed by atoms with Crippen molar-refractivity contribution in [3.05, 3.63) is 94.9 Å². The van der Waals surface area contributed by atoms with Crippen LogP contribution in [0.3, 0.4) is 0 Å². The van der Waals surface area contributed by atoms with Crippen LogP contribution in [0.15, 0.2) is 78.9 Å². The van der Waals surface area contributed by atoms with Gasteiger partial charge in [0.2, 0.25) is 0 Å². The number of anilines is 2. The number of fused-ring (bicyclic) bond motifs is 1. The molecule has 5 rings (SSSR count). The summed E-state index contributed by atoms with van der Waals surface area (Å²) in [4.78, 5) is 19.5. The number of carbonyl (C=O) groups is 1. The minimum Gasteiger partial charge on any atom is -0.497 e. The normalized spacial score (nSPS) is 11.0. The van der Waals surface area contributed by atoms with Gasteiger partial charge < -0.3 is 15.8 Å². The first-order valence-electron chi connectivity index (χ1n) is 11.8. The predicted molar refractivity (Wildman–Crippen MR) is 150 cm³/mol. The molecule has 0 atom stereocenters. The van der Waals surface area contributed by atoms with Gasteiger partial charge in [-0.15, -0.1) is 11.3 Å². The molecule has 36 heavy (non-hydrogen) atoms. The summed E-state index contributed by atoms with van der Waals surface area (Å²) in [5.41, 5.74) is 13.9. The number of methoxy groups -OCH3 is 1. The molecule has 0 saturated carbocycles. The number of para-hydroxylation sites is 1. The summed E-state index contributed by atoms with van der Waals surface area (Å²) in [5.74, 6) is 0.546. The second kappa shape index (κ2) is 9.84. The standard InChI is InChI=1S/C30H27N3O2S/c1-4-19-7-5-6-8-24(19)32-29(34)28-27(31)26-23(20-13-15-22(35-3)16-14-20)17-25(33-30(26)36-28)21-11-9-18(2)10-12-21/h5-17H,4,31H2,1-3H3,(H,32,34). The molecule has 6 heteroatoms. The third kappa shape index (κ3) is 4.43. The lowest BCUT2D eigenvalue weighted by molar-refractivity contribution is 0.103. The van der Waals surface area contributed by atoms with Gasteiger partial charge in [0, 0.05) is 16.6 Å². The van der Waals surface area contributed by atoms with Gasteiger partial charge in [-0.3, -0.25) is 4.79 Å². The highest BCUT2D eigenvalue weighted by Crippen LogP contribution is 2.42. The topological polar surface area (TPSA) is 77.2 Å². The Morgan fingerprint density at radius 1 is 1.00 bits per heavy atom. The number of ether oxygens (including phenoxy) is 1. The maximum Gasteiger partial charge on any atom is 0.267 e. The van der Waals surface area contributed by atoms with E-state index in [4.69, 9.17) is 15.5 Å². The van der Waals surface area contributed by atoms with Crippen LogP contribution in [0, 0.1) is 6.92 Å². The van der Waals surface area contributed by atoms with E-state index >= 15 is 0 Å². The SMILES string of the molecule is CCc1ccccc1NC(=O)c1sc2nc(-c3ccc(C)cc3)cc(-c3ccc(OC)cc3)c2c1N. The number of benzene rings is 3. The van der Waals surface area contributed by atoms with Gasteiger partial charge in [-0.05, 0) is 54.3 Å². The average Bonchev–Trinajstić information content (AvgIpc) is 3.25. The van der Waals surface area contributed by atoms with E-state index < -0.39 is 0 Å². The average molecular weight is 494 g/mol. The van der Waals surface area contributed by atoms with Crippen LogP contribution in [0.1, 0.15) is 27.7 Å². The van der Waals surface area contributed by atoms with Gasteiger partial charge in [0.25, 0.3) is 5.91 Å². The van der Waals surface area contributed by atoms with Gasteiger partial charge in [0.1, 0.15) is 15.5 Å². The minimum absolute atomic E-state index is 0.228. The second-order valence-corrected chi connectivity index (χ2v) is 9.64. The van der Waals surface area contributed by atoms with E-state index in [1.165, 1.54) is 16.9 Å². The second-order valence-electron chi connectivity index (χ2n) is 8.64. The Labute approximate surface area is 214 Å². The largest absolute Gasteiger partial charge is 0.497 e. The van der Waals surface area contributed by atoms with Crippen LogP contribution in [0.4, 0.5) is 11.4 Å². The van der Waals surface area contributed by atoms with Crippen LogP contribution in [-0.4, -0.2) is 18.0 Å². The van der Waals surface area contributed by atoms with Crippen molar-refractivity contribution in [1.82, 2.24) is 4.98 Å². The van der Waals surface area contributed by atoms with Crippen LogP contribution >= 0.6 is 11.3 Å². The molecular formula is C30H27N3O2S. The lowest BCUT2D eigenvalue weighted by Gasteiger charge is -2.10. The van der Waals surface area contributed by atoms with Crippen molar-refractivity contribution >= 4 is 38.8 Å². The van der Waals surface area contributed by atoms with Crippen molar-refractivity contribution in [1.29, 1.82) is 0 Å². The Morgan fingerprint density at radius 2 is 1.69 bits per heavy atom. The molecule has 3 aromatic carbocycles. The number of carbonyl (C=O) groups excluding carboxylic acids is 1. The summed E-state index contributed by atoms with van der Waals surface area (Å²) in [5, 5.41) is 3.84. The van der Waals surface area contributed by atoms with Gasteiger partial charge in [0.15, 0.2) is 0 Å². The maximum absolute atomic E-state index is 13.4. The summed E-state index contributed by atoms with van der Waals surface area (Å²) in [6.07, 6.45) is 0.821. The van der Waals surface area contributed by atoms with Gasteiger partial charge in [-0.2, -0.15) is 0 Å². The van der Waals surface area contributed by atoms with E-state index in [1.807, 2.05) is 54.6 Å². The van der Waals surface area contributed by atoms with Gasteiger partial charge in [0.05, 0.1) is 18.5 Å². The zero-order chi connectivity index (χ0) is 25.2. The highest BCUT2D eigenvalue weighted by Gasteiger charge is 2.22. The number of nitrogen functional groups attached to an aromatic ring is 1. The molecule has 0 unspecified atom stereocenters. The summed E-state index contributed by atoms with van der Waals surface area (Å²) < 4.78 is 5.34. The Kier molecular flexibility index (Phi) is 6.44. The minimum atomic E-state index is -0.228. The van der Waals surface area contributed by atoms with E-state index in [-0.39, 0.29) is 5.91 Å². The molecule has 0 aliphatic rings. The molecule has 0 fully saturated rings. The monoisotopic (exact) mass is 493 g/mol. The number of aromatic nitrogens is 1. The number of nitrogens with one attached hydrogen (secondary N) is 1. The van der Waals surface area contributed by atoms with Gasteiger partial charge in [-0.25, -0.2) is 4.98 Å². The third-order valence-electron chi connectivity index (χ3n) is 6.30. The quantitative estimate of drug-likeness (QED) is 0.259. The summed E-state index contributed by atoms with van der Waals surface area (Å²) in [6.45, 7) is 4.13. The van der Waals surface area contributed by atoms with Crippen LogP contribution in [0.2, 0.25) is 0 Å². The number of pyridine rings is 1. The smallest absolute Gasteiger partial charge is 0.267 e. The molecule has 2 aromatic heterocycles. The fraction of sp³-hybridized carbons (Fsp3) is 0.133. The first-order chi connectivity index (χ1) is 17.5. The van der Waals surface area contributed by atoms with Crippen LogP contribution in [0.25, 0.3) is 32.6 Å². The van der Waals surface area contributed by atoms with Crippen molar-refractivity contribution in [2.45, 2.75) is 20.3 Å². The van der Waals surface area contributed by atoms with Crippen molar-refractivity contribution in [3.63, 3.8) is 0 Å². The summed E-state index contributed by atoms with van der Waals surface area (Å²) >= 11 is 1.32. The molecule has 3 N–H and O–H groups in total. The number of hydrogen-bond acceptors (Lipinski definition) is 5. The van der Waals surface area contributed by atoms with Gasteiger partial charge in [-0.1, -0.05) is 67.1 Å². The zero-order valence-electron chi connectivity index (χ0n) is 20.5. The summed E-state index contributed by atoms with van der Waals surface area (Å²) in [7, 11) is 1.65. The van der Waals surface area contributed by atoms with Gasteiger partial charge >= 0.3 is 0 Å². The molecule has 0 aliphatic carbocycles. The molecule has 0 aliphatic heterocycles. The fourth-order valence-electron chi connectivity index (χ4n) is 4.29. The lowest BCUT2D eigenvalue weighted by Crippen LogP contribution is -2.13.